The van der Waals surface area contributed by atoms with Gasteiger partial charge in [-0.25, -0.2) is 4.79 Å². The summed E-state index contributed by atoms with van der Waals surface area (Å²) < 4.78 is 4.64. The summed E-state index contributed by atoms with van der Waals surface area (Å²) in [5.41, 5.74) is -0.372. The molecule has 1 saturated heterocycles. The fourth-order valence-electron chi connectivity index (χ4n) is 2.18. The largest absolute Gasteiger partial charge is 0.467 e. The van der Waals surface area contributed by atoms with Crippen LogP contribution in [0.4, 0.5) is 0 Å². The summed E-state index contributed by atoms with van der Waals surface area (Å²) in [5, 5.41) is 2.84. The van der Waals surface area contributed by atoms with Crippen molar-refractivity contribution in [2.45, 2.75) is 58.2 Å². The minimum Gasteiger partial charge on any atom is -0.467 e. The van der Waals surface area contributed by atoms with E-state index in [1.54, 1.807) is 6.92 Å². The lowest BCUT2D eigenvalue weighted by Gasteiger charge is -2.31. The second kappa shape index (κ2) is 5.59. The molecule has 0 bridgehead atoms. The zero-order valence-corrected chi connectivity index (χ0v) is 12.1. The molecule has 0 aromatic carbocycles. The maximum absolute atomic E-state index is 12.2. The summed E-state index contributed by atoms with van der Waals surface area (Å²) in [5.74, 6) is -0.926. The van der Waals surface area contributed by atoms with Gasteiger partial charge < -0.3 is 15.0 Å². The minimum absolute atomic E-state index is 0.188. The van der Waals surface area contributed by atoms with E-state index in [1.165, 1.54) is 12.0 Å². The summed E-state index contributed by atoms with van der Waals surface area (Å²) in [6.07, 6.45) is 0.714. The van der Waals surface area contributed by atoms with Crippen molar-refractivity contribution in [3.8, 4) is 0 Å². The van der Waals surface area contributed by atoms with E-state index >= 15 is 0 Å². The maximum atomic E-state index is 12.2. The molecule has 0 aromatic rings. The van der Waals surface area contributed by atoms with Crippen molar-refractivity contribution in [2.75, 3.05) is 7.11 Å². The molecular formula is C13H22N2O4. The molecule has 1 N–H and O–H groups in total. The standard InChI is InChI=1S/C13H22N2O4/c1-8(12(18)19-5)15-9(6-7-10(15)16)11(17)14-13(2,3)4/h8-9H,6-7H2,1-5H3,(H,14,17)/t8?,9-/m1/s1. The van der Waals surface area contributed by atoms with E-state index in [-0.39, 0.29) is 23.8 Å². The van der Waals surface area contributed by atoms with E-state index in [2.05, 4.69) is 10.1 Å². The first-order chi connectivity index (χ1) is 8.67. The topological polar surface area (TPSA) is 75.7 Å². The van der Waals surface area contributed by atoms with E-state index in [0.717, 1.165) is 0 Å². The van der Waals surface area contributed by atoms with E-state index < -0.39 is 18.1 Å². The molecule has 108 valence electrons. The molecule has 6 nitrogen and oxygen atoms in total. The van der Waals surface area contributed by atoms with Crippen LogP contribution in [-0.4, -0.2) is 47.4 Å². The highest BCUT2D eigenvalue weighted by Gasteiger charge is 2.42. The van der Waals surface area contributed by atoms with Crippen molar-refractivity contribution in [1.82, 2.24) is 10.2 Å². The van der Waals surface area contributed by atoms with Crippen LogP contribution in [0.3, 0.4) is 0 Å². The van der Waals surface area contributed by atoms with Crippen molar-refractivity contribution in [2.24, 2.45) is 0 Å². The Labute approximate surface area is 113 Å². The Bertz CT molecular complexity index is 387. The highest BCUT2D eigenvalue weighted by atomic mass is 16.5. The first-order valence-corrected chi connectivity index (χ1v) is 6.38. The lowest BCUT2D eigenvalue weighted by molar-refractivity contribution is -0.153. The van der Waals surface area contributed by atoms with Gasteiger partial charge >= 0.3 is 5.97 Å². The van der Waals surface area contributed by atoms with Crippen LogP contribution in [0, 0.1) is 0 Å². The number of hydrogen-bond donors (Lipinski definition) is 1. The van der Waals surface area contributed by atoms with Crippen molar-refractivity contribution in [1.29, 1.82) is 0 Å². The van der Waals surface area contributed by atoms with Crippen molar-refractivity contribution in [3.05, 3.63) is 0 Å². The molecule has 1 heterocycles. The predicted octanol–water partition coefficient (Wildman–Crippen LogP) is 0.454. The van der Waals surface area contributed by atoms with Crippen LogP contribution in [0.15, 0.2) is 0 Å². The van der Waals surface area contributed by atoms with Gasteiger partial charge in [-0.3, -0.25) is 9.59 Å². The van der Waals surface area contributed by atoms with Crippen LogP contribution in [0.5, 0.6) is 0 Å². The number of likely N-dealkylation sites (tertiary alicyclic amines) is 1. The lowest BCUT2D eigenvalue weighted by atomic mass is 10.1. The quantitative estimate of drug-likeness (QED) is 0.756. The maximum Gasteiger partial charge on any atom is 0.328 e. The molecule has 0 radical (unpaired) electrons. The number of esters is 1. The molecule has 19 heavy (non-hydrogen) atoms. The molecule has 2 amide bonds. The van der Waals surface area contributed by atoms with Gasteiger partial charge in [0.2, 0.25) is 11.8 Å². The van der Waals surface area contributed by atoms with E-state index in [9.17, 15) is 14.4 Å². The smallest absolute Gasteiger partial charge is 0.328 e. The van der Waals surface area contributed by atoms with Crippen LogP contribution < -0.4 is 5.32 Å². The highest BCUT2D eigenvalue weighted by Crippen LogP contribution is 2.23. The number of methoxy groups -OCH3 is 1. The van der Waals surface area contributed by atoms with Crippen LogP contribution in [-0.2, 0) is 19.1 Å². The van der Waals surface area contributed by atoms with Crippen LogP contribution in [0.2, 0.25) is 0 Å². The van der Waals surface area contributed by atoms with Crippen LogP contribution in [0.25, 0.3) is 0 Å². The van der Waals surface area contributed by atoms with Gasteiger partial charge in [-0.2, -0.15) is 0 Å². The SMILES string of the molecule is COC(=O)C(C)N1C(=O)CC[C@@H]1C(=O)NC(C)(C)C. The first kappa shape index (κ1) is 15.5. The molecular weight excluding hydrogens is 248 g/mol. The average Bonchev–Trinajstić information content (AvgIpc) is 2.67. The second-order valence-electron chi connectivity index (χ2n) is 5.79. The van der Waals surface area contributed by atoms with Crippen molar-refractivity contribution >= 4 is 17.8 Å². The van der Waals surface area contributed by atoms with Gasteiger partial charge in [0.25, 0.3) is 0 Å². The third kappa shape index (κ3) is 3.68. The number of carbonyl (C=O) groups is 3. The fourth-order valence-corrected chi connectivity index (χ4v) is 2.18. The Hall–Kier alpha value is -1.59. The molecule has 6 heteroatoms. The zero-order valence-electron chi connectivity index (χ0n) is 12.1. The van der Waals surface area contributed by atoms with Gasteiger partial charge in [-0.15, -0.1) is 0 Å². The minimum atomic E-state index is -0.740. The Kier molecular flexibility index (Phi) is 4.55. The number of carbonyl (C=O) groups excluding carboxylic acids is 3. The summed E-state index contributed by atoms with van der Waals surface area (Å²) in [6, 6.07) is -1.34. The van der Waals surface area contributed by atoms with Gasteiger partial charge in [0, 0.05) is 12.0 Å². The molecule has 1 unspecified atom stereocenters. The number of nitrogens with zero attached hydrogens (tertiary/aromatic N) is 1. The zero-order chi connectivity index (χ0) is 14.8. The monoisotopic (exact) mass is 270 g/mol. The Morgan fingerprint density at radius 1 is 1.42 bits per heavy atom. The third-order valence-electron chi connectivity index (χ3n) is 3.02. The number of amides is 2. The van der Waals surface area contributed by atoms with Gasteiger partial charge in [0.05, 0.1) is 7.11 Å². The number of hydrogen-bond acceptors (Lipinski definition) is 4. The Balaban J connectivity index is 2.85. The van der Waals surface area contributed by atoms with Gasteiger partial charge in [-0.05, 0) is 34.1 Å². The van der Waals surface area contributed by atoms with Gasteiger partial charge in [0.1, 0.15) is 12.1 Å². The molecule has 1 aliphatic rings. The van der Waals surface area contributed by atoms with Gasteiger partial charge in [0.15, 0.2) is 0 Å². The molecule has 0 saturated carbocycles. The summed E-state index contributed by atoms with van der Waals surface area (Å²) in [7, 11) is 1.27. The fraction of sp³-hybridized carbons (Fsp3) is 0.769. The summed E-state index contributed by atoms with van der Waals surface area (Å²) in [6.45, 7) is 7.19. The normalized spacial score (nSPS) is 21.2. The Morgan fingerprint density at radius 3 is 2.47 bits per heavy atom. The van der Waals surface area contributed by atoms with Crippen LogP contribution in [0.1, 0.15) is 40.5 Å². The van der Waals surface area contributed by atoms with Gasteiger partial charge in [-0.1, -0.05) is 0 Å². The molecule has 2 atom stereocenters. The molecule has 1 aliphatic heterocycles. The van der Waals surface area contributed by atoms with Crippen molar-refractivity contribution in [3.63, 3.8) is 0 Å². The van der Waals surface area contributed by atoms with Crippen molar-refractivity contribution < 1.29 is 19.1 Å². The molecule has 0 spiro atoms. The van der Waals surface area contributed by atoms with E-state index in [0.29, 0.717) is 6.42 Å². The van der Waals surface area contributed by atoms with E-state index in [1.807, 2.05) is 20.8 Å². The number of ether oxygens (including phenoxy) is 1. The molecule has 0 aliphatic carbocycles. The average molecular weight is 270 g/mol. The number of rotatable bonds is 3. The predicted molar refractivity (Wildman–Crippen MR) is 69.2 cm³/mol. The second-order valence-corrected chi connectivity index (χ2v) is 5.79. The highest BCUT2D eigenvalue weighted by molar-refractivity contribution is 5.94. The van der Waals surface area contributed by atoms with E-state index in [4.69, 9.17) is 0 Å². The lowest BCUT2D eigenvalue weighted by Crippen LogP contribution is -2.54. The Morgan fingerprint density at radius 2 is 2.00 bits per heavy atom. The molecule has 0 aromatic heterocycles. The summed E-state index contributed by atoms with van der Waals surface area (Å²) >= 11 is 0. The van der Waals surface area contributed by atoms with Crippen LogP contribution >= 0.6 is 0 Å². The number of nitrogens with one attached hydrogen (secondary N) is 1. The molecule has 1 fully saturated rings. The first-order valence-electron chi connectivity index (χ1n) is 6.38. The molecule has 1 rings (SSSR count). The summed E-state index contributed by atoms with van der Waals surface area (Å²) in [4.78, 5) is 36.9. The third-order valence-corrected chi connectivity index (χ3v) is 3.02.